The predicted molar refractivity (Wildman–Crippen MR) is 123 cm³/mol. The van der Waals surface area contributed by atoms with Gasteiger partial charge in [-0.05, 0) is 31.1 Å². The van der Waals surface area contributed by atoms with Gasteiger partial charge in [-0.15, -0.1) is 0 Å². The van der Waals surface area contributed by atoms with E-state index < -0.39 is 5.82 Å². The van der Waals surface area contributed by atoms with Crippen LogP contribution in [0.25, 0.3) is 33.8 Å². The molecule has 3 heterocycles. The summed E-state index contributed by atoms with van der Waals surface area (Å²) >= 11 is 6.08. The van der Waals surface area contributed by atoms with Crippen LogP contribution in [-0.2, 0) is 0 Å². The van der Waals surface area contributed by atoms with Crippen LogP contribution in [0.2, 0.25) is 5.15 Å². The molecular weight excluding hydrogens is 427 g/mol. The number of anilines is 1. The number of nitrogens with zero attached hydrogens (tertiary/aromatic N) is 4. The lowest BCUT2D eigenvalue weighted by atomic mass is 9.68. The quantitative estimate of drug-likeness (QED) is 0.408. The summed E-state index contributed by atoms with van der Waals surface area (Å²) in [7, 11) is 0. The van der Waals surface area contributed by atoms with E-state index >= 15 is 4.39 Å². The molecule has 3 saturated carbocycles. The monoisotopic (exact) mass is 448 g/mol. The Hall–Kier alpha value is -3.06. The minimum atomic E-state index is -0.426. The fourth-order valence-corrected chi connectivity index (χ4v) is 5.35. The van der Waals surface area contributed by atoms with Crippen molar-refractivity contribution >= 4 is 28.6 Å². The highest BCUT2D eigenvalue weighted by Gasteiger charge is 2.36. The first-order valence-corrected chi connectivity index (χ1v) is 11.4. The summed E-state index contributed by atoms with van der Waals surface area (Å²) in [6.45, 7) is 0. The molecule has 8 heteroatoms. The summed E-state index contributed by atoms with van der Waals surface area (Å²) in [5.41, 5.74) is 2.75. The van der Waals surface area contributed by atoms with Crippen LogP contribution in [0.1, 0.15) is 32.1 Å². The van der Waals surface area contributed by atoms with Crippen LogP contribution in [0, 0.1) is 17.7 Å². The number of benzene rings is 1. The molecule has 7 rings (SSSR count). The van der Waals surface area contributed by atoms with E-state index in [1.54, 1.807) is 6.20 Å². The van der Waals surface area contributed by atoms with E-state index in [1.807, 2.05) is 30.3 Å². The highest BCUT2D eigenvalue weighted by atomic mass is 35.5. The van der Waals surface area contributed by atoms with Gasteiger partial charge in [-0.2, -0.15) is 0 Å². The van der Waals surface area contributed by atoms with Gasteiger partial charge in [0.1, 0.15) is 16.4 Å². The SMILES string of the molecule is Fc1c(N[C@H]2CC3CCC2CC3)nc(-c2c[nH]c3ncc(Cl)nc23)nc1-c1ccccc1. The van der Waals surface area contributed by atoms with Crippen molar-refractivity contribution in [2.24, 2.45) is 11.8 Å². The van der Waals surface area contributed by atoms with Crippen LogP contribution < -0.4 is 5.32 Å². The van der Waals surface area contributed by atoms with E-state index in [0.717, 1.165) is 12.3 Å². The molecule has 3 fully saturated rings. The molecule has 0 spiro atoms. The van der Waals surface area contributed by atoms with Gasteiger partial charge >= 0.3 is 0 Å². The van der Waals surface area contributed by atoms with Crippen molar-refractivity contribution in [1.82, 2.24) is 24.9 Å². The molecule has 0 saturated heterocycles. The number of nitrogens with one attached hydrogen (secondary N) is 2. The first kappa shape index (κ1) is 19.6. The third kappa shape index (κ3) is 3.41. The Balaban J connectivity index is 1.48. The molecule has 2 N–H and O–H groups in total. The summed E-state index contributed by atoms with van der Waals surface area (Å²) in [4.78, 5) is 21.0. The second-order valence-electron chi connectivity index (χ2n) is 8.78. The fourth-order valence-electron chi connectivity index (χ4n) is 5.22. The zero-order valence-corrected chi connectivity index (χ0v) is 18.1. The smallest absolute Gasteiger partial charge is 0.191 e. The zero-order valence-electron chi connectivity index (χ0n) is 17.4. The zero-order chi connectivity index (χ0) is 21.7. The maximum absolute atomic E-state index is 15.7. The standard InChI is InChI=1S/C24H22ClFN6/c25-18-12-28-24-21(30-18)16(11-27-24)22-31-20(15-4-2-1-3-5-15)19(26)23(32-22)29-17-10-13-6-8-14(17)9-7-13/h1-5,11-14,17H,6-10H2,(H,27,28)(H,29,31,32)/t13?,14?,17-/m0/s1. The first-order valence-electron chi connectivity index (χ1n) is 11.0. The second-order valence-corrected chi connectivity index (χ2v) is 9.17. The number of H-pyrrole nitrogens is 1. The van der Waals surface area contributed by atoms with Gasteiger partial charge in [0, 0.05) is 17.8 Å². The minimum absolute atomic E-state index is 0.237. The molecule has 6 nitrogen and oxygen atoms in total. The lowest BCUT2D eigenvalue weighted by molar-refractivity contribution is 0.157. The Morgan fingerprint density at radius 2 is 1.84 bits per heavy atom. The highest BCUT2D eigenvalue weighted by molar-refractivity contribution is 6.29. The van der Waals surface area contributed by atoms with Crippen molar-refractivity contribution in [1.29, 1.82) is 0 Å². The number of fused-ring (bicyclic) bond motifs is 4. The van der Waals surface area contributed by atoms with Crippen molar-refractivity contribution in [2.45, 2.75) is 38.1 Å². The van der Waals surface area contributed by atoms with E-state index in [2.05, 4.69) is 30.2 Å². The molecule has 3 aliphatic rings. The van der Waals surface area contributed by atoms with Crippen LogP contribution >= 0.6 is 11.6 Å². The fraction of sp³-hybridized carbons (Fsp3) is 0.333. The maximum atomic E-state index is 15.7. The van der Waals surface area contributed by atoms with Crippen molar-refractivity contribution in [3.8, 4) is 22.6 Å². The van der Waals surface area contributed by atoms with Crippen molar-refractivity contribution in [3.05, 3.63) is 53.7 Å². The van der Waals surface area contributed by atoms with Gasteiger partial charge in [0.2, 0.25) is 0 Å². The van der Waals surface area contributed by atoms with Crippen LogP contribution in [0.4, 0.5) is 10.2 Å². The second kappa shape index (κ2) is 7.81. The Kier molecular flexibility index (Phi) is 4.79. The number of hydrogen-bond donors (Lipinski definition) is 2. The third-order valence-electron chi connectivity index (χ3n) is 6.86. The Bertz CT molecular complexity index is 1280. The molecule has 0 aliphatic heterocycles. The van der Waals surface area contributed by atoms with Gasteiger partial charge in [-0.25, -0.2) is 24.3 Å². The number of hydrogen-bond acceptors (Lipinski definition) is 5. The summed E-state index contributed by atoms with van der Waals surface area (Å²) in [6.07, 6.45) is 9.26. The van der Waals surface area contributed by atoms with Crippen molar-refractivity contribution < 1.29 is 4.39 Å². The normalized spacial score (nSPS) is 22.4. The molecule has 0 unspecified atom stereocenters. The molecule has 3 aromatic heterocycles. The summed E-state index contributed by atoms with van der Waals surface area (Å²) in [6, 6.07) is 9.60. The summed E-state index contributed by atoms with van der Waals surface area (Å²) < 4.78 is 15.7. The van der Waals surface area contributed by atoms with Gasteiger partial charge in [-0.3, -0.25) is 0 Å². The largest absolute Gasteiger partial charge is 0.364 e. The molecular formula is C24H22ClFN6. The molecule has 1 aromatic carbocycles. The molecule has 3 aliphatic carbocycles. The topological polar surface area (TPSA) is 79.4 Å². The summed E-state index contributed by atoms with van der Waals surface area (Å²) in [5.74, 6) is 1.50. The van der Waals surface area contributed by atoms with E-state index in [0.29, 0.717) is 34.0 Å². The van der Waals surface area contributed by atoms with Crippen LogP contribution in [-0.4, -0.2) is 31.0 Å². The maximum Gasteiger partial charge on any atom is 0.191 e. The van der Waals surface area contributed by atoms with Gasteiger partial charge in [0.25, 0.3) is 0 Å². The Labute approximate surface area is 189 Å². The van der Waals surface area contributed by atoms with Crippen LogP contribution in [0.15, 0.2) is 42.7 Å². The highest BCUT2D eigenvalue weighted by Crippen LogP contribution is 2.43. The van der Waals surface area contributed by atoms with Gasteiger partial charge in [0.05, 0.1) is 11.8 Å². The number of rotatable bonds is 4. The van der Waals surface area contributed by atoms with Gasteiger partial charge in [0.15, 0.2) is 23.1 Å². The lowest BCUT2D eigenvalue weighted by Gasteiger charge is -2.42. The third-order valence-corrected chi connectivity index (χ3v) is 7.04. The molecule has 2 bridgehead atoms. The molecule has 4 aromatic rings. The van der Waals surface area contributed by atoms with E-state index in [4.69, 9.17) is 11.6 Å². The molecule has 0 amide bonds. The molecule has 1 atom stereocenters. The number of halogens is 2. The van der Waals surface area contributed by atoms with E-state index in [1.165, 1.54) is 31.9 Å². The summed E-state index contributed by atoms with van der Waals surface area (Å²) in [5, 5.41) is 3.73. The minimum Gasteiger partial charge on any atom is -0.364 e. The average Bonchev–Trinajstić information content (AvgIpc) is 3.25. The Morgan fingerprint density at radius 3 is 2.59 bits per heavy atom. The van der Waals surface area contributed by atoms with E-state index in [9.17, 15) is 0 Å². The van der Waals surface area contributed by atoms with E-state index in [-0.39, 0.29) is 22.7 Å². The molecule has 32 heavy (non-hydrogen) atoms. The number of aromatic nitrogens is 5. The van der Waals surface area contributed by atoms with Gasteiger partial charge in [-0.1, -0.05) is 54.8 Å². The van der Waals surface area contributed by atoms with Gasteiger partial charge < -0.3 is 10.3 Å². The molecule has 162 valence electrons. The van der Waals surface area contributed by atoms with Crippen molar-refractivity contribution in [3.63, 3.8) is 0 Å². The van der Waals surface area contributed by atoms with Crippen molar-refractivity contribution in [2.75, 3.05) is 5.32 Å². The lowest BCUT2D eigenvalue weighted by Crippen LogP contribution is -2.40. The predicted octanol–water partition coefficient (Wildman–Crippen LogP) is 5.87. The molecule has 0 radical (unpaired) electrons. The number of aromatic amines is 1. The van der Waals surface area contributed by atoms with Crippen LogP contribution in [0.5, 0.6) is 0 Å². The Morgan fingerprint density at radius 1 is 1.03 bits per heavy atom. The average molecular weight is 449 g/mol. The van der Waals surface area contributed by atoms with Crippen LogP contribution in [0.3, 0.4) is 0 Å². The first-order chi connectivity index (χ1) is 15.7.